The molecule has 0 bridgehead atoms. The van der Waals surface area contributed by atoms with Gasteiger partial charge in [-0.2, -0.15) is 0 Å². The van der Waals surface area contributed by atoms with Crippen molar-refractivity contribution in [2.24, 2.45) is 5.41 Å². The Hall–Kier alpha value is -6.02. The monoisotopic (exact) mass is 983 g/mol. The van der Waals surface area contributed by atoms with Gasteiger partial charge in [-0.3, -0.25) is 24.0 Å². The number of carbonyl (C=O) groups is 5. The van der Waals surface area contributed by atoms with Crippen molar-refractivity contribution in [2.45, 2.75) is 98.4 Å². The van der Waals surface area contributed by atoms with E-state index in [9.17, 15) is 29.1 Å². The van der Waals surface area contributed by atoms with E-state index in [-0.39, 0.29) is 56.0 Å². The average Bonchev–Trinajstić information content (AvgIpc) is 4.07. The second-order valence-corrected chi connectivity index (χ2v) is 20.5. The van der Waals surface area contributed by atoms with Crippen molar-refractivity contribution in [1.82, 2.24) is 40.4 Å². The number of rotatable bonds is 16. The molecule has 5 amide bonds. The van der Waals surface area contributed by atoms with E-state index < -0.39 is 29.5 Å². The number of nitrogens with one attached hydrogen (secondary N) is 4. The van der Waals surface area contributed by atoms with Gasteiger partial charge in [-0.25, -0.2) is 19.9 Å². The van der Waals surface area contributed by atoms with Crippen LogP contribution in [0.1, 0.15) is 85.2 Å². The van der Waals surface area contributed by atoms with Crippen LogP contribution in [0.4, 0.5) is 22.5 Å². The summed E-state index contributed by atoms with van der Waals surface area (Å²) in [7, 11) is 0. The van der Waals surface area contributed by atoms with E-state index in [1.807, 2.05) is 87.5 Å². The third kappa shape index (κ3) is 12.5. The van der Waals surface area contributed by atoms with Crippen LogP contribution in [0.2, 0.25) is 5.02 Å². The second-order valence-electron chi connectivity index (χ2n) is 18.2. The lowest BCUT2D eigenvalue weighted by atomic mass is 9.85. The third-order valence-corrected chi connectivity index (χ3v) is 14.2. The number of thiazole rings is 2. The molecule has 0 aliphatic carbocycles. The number of piperazine rings is 1. The van der Waals surface area contributed by atoms with Crippen molar-refractivity contribution in [3.63, 3.8) is 0 Å². The van der Waals surface area contributed by atoms with E-state index in [1.54, 1.807) is 24.3 Å². The zero-order valence-corrected chi connectivity index (χ0v) is 41.5. The molecule has 0 radical (unpaired) electrons. The van der Waals surface area contributed by atoms with Crippen LogP contribution in [-0.2, 0) is 25.7 Å². The quantitative estimate of drug-likeness (QED) is 0.0658. The van der Waals surface area contributed by atoms with E-state index in [2.05, 4.69) is 46.1 Å². The maximum Gasteiger partial charge on any atom is 0.267 e. The van der Waals surface area contributed by atoms with Crippen LogP contribution in [0, 0.1) is 26.2 Å². The van der Waals surface area contributed by atoms with Gasteiger partial charge in [0.1, 0.15) is 34.4 Å². The lowest BCUT2D eigenvalue weighted by molar-refractivity contribution is -0.144. The van der Waals surface area contributed by atoms with Gasteiger partial charge in [-0.1, -0.05) is 80.1 Å². The number of anilines is 4. The molecule has 1 unspecified atom stereocenters. The molecule has 0 spiro atoms. The predicted molar refractivity (Wildman–Crippen MR) is 265 cm³/mol. The third-order valence-electron chi connectivity index (χ3n) is 12.0. The smallest absolute Gasteiger partial charge is 0.267 e. The zero-order chi connectivity index (χ0) is 48.7. The minimum atomic E-state index is -0.940. The molecule has 17 nitrogen and oxygen atoms in total. The summed E-state index contributed by atoms with van der Waals surface area (Å²) >= 11 is 9.05. The molecule has 2 aliphatic heterocycles. The standard InChI is InChI=1S/C48H58ClN11O6S2/c1-28-10-9-11-34(49)41(28)57-45(65)36-25-51-47(68-36)55-37-23-38(54-30(3)53-37)58-18-20-59(21-19-58)40(63)13-8-7-12-39(62)56-43(48(4,5)6)46(66)60-26-33(61)22-35(60)44(64)50-24-31-14-16-32(17-15-31)42-29(2)52-27-67-42/h9-11,14-17,23,25,27,33,35,43,61H,7-8,12-13,18-22,24,26H2,1-6H3,(H,50,64)(H,56,62)(H,57,65)(H,51,53,54,55)/t33-,35+,43?/m1/s1. The second kappa shape index (κ2) is 21.9. The lowest BCUT2D eigenvalue weighted by Crippen LogP contribution is -2.57. The molecule has 3 aromatic heterocycles. The van der Waals surface area contributed by atoms with E-state index in [4.69, 9.17) is 11.6 Å². The summed E-state index contributed by atoms with van der Waals surface area (Å²) < 4.78 is 0. The van der Waals surface area contributed by atoms with Crippen LogP contribution >= 0.6 is 34.3 Å². The summed E-state index contributed by atoms with van der Waals surface area (Å²) in [6.45, 7) is 13.5. The number of nitrogens with zero attached hydrogens (tertiary/aromatic N) is 7. The summed E-state index contributed by atoms with van der Waals surface area (Å²) in [4.78, 5) is 91.7. The van der Waals surface area contributed by atoms with Gasteiger partial charge >= 0.3 is 0 Å². The number of β-amino-alcohol motifs (C(OH)–C–C–N with tert-alkyl or cyclic N) is 1. The molecule has 2 fully saturated rings. The molecule has 7 rings (SSSR count). The van der Waals surface area contributed by atoms with Gasteiger partial charge in [-0.15, -0.1) is 11.3 Å². The number of hydrogen-bond acceptors (Lipinski definition) is 14. The molecule has 20 heteroatoms. The Morgan fingerprint density at radius 2 is 1.68 bits per heavy atom. The summed E-state index contributed by atoms with van der Waals surface area (Å²) in [6, 6.07) is 13.3. The highest BCUT2D eigenvalue weighted by Gasteiger charge is 2.44. The van der Waals surface area contributed by atoms with Crippen molar-refractivity contribution >= 4 is 86.3 Å². The first-order valence-corrected chi connectivity index (χ1v) is 24.7. The number of halogens is 1. The number of hydrogen-bond donors (Lipinski definition) is 5. The maximum absolute atomic E-state index is 14.1. The summed E-state index contributed by atoms with van der Waals surface area (Å²) in [5, 5.41) is 23.5. The molecule has 2 aromatic carbocycles. The predicted octanol–water partition coefficient (Wildman–Crippen LogP) is 6.65. The number of carbonyl (C=O) groups excluding carboxylic acids is 5. The van der Waals surface area contributed by atoms with E-state index >= 15 is 0 Å². The molecule has 2 aliphatic rings. The van der Waals surface area contributed by atoms with Gasteiger partial charge < -0.3 is 41.1 Å². The topological polar surface area (TPSA) is 215 Å². The molecular formula is C48H58ClN11O6S2. The van der Waals surface area contributed by atoms with Gasteiger partial charge in [0, 0.05) is 64.6 Å². The molecule has 5 heterocycles. The van der Waals surface area contributed by atoms with Crippen molar-refractivity contribution in [2.75, 3.05) is 48.3 Å². The van der Waals surface area contributed by atoms with Crippen LogP contribution in [0.15, 0.2) is 60.2 Å². The number of aliphatic hydroxyl groups is 1. The number of aryl methyl sites for hydroxylation is 3. The van der Waals surface area contributed by atoms with Crippen LogP contribution in [-0.4, -0.2) is 115 Å². The van der Waals surface area contributed by atoms with Crippen LogP contribution in [0.5, 0.6) is 0 Å². The van der Waals surface area contributed by atoms with Crippen LogP contribution in [0.25, 0.3) is 10.4 Å². The molecule has 68 heavy (non-hydrogen) atoms. The Kier molecular flexibility index (Phi) is 16.1. The molecule has 360 valence electrons. The summed E-state index contributed by atoms with van der Waals surface area (Å²) in [5.74, 6) is 0.337. The SMILES string of the molecule is Cc1nc(Nc2ncc(C(=O)Nc3c(C)cccc3Cl)s2)cc(N2CCN(C(=O)CCCCC(=O)NC(C(=O)N3C[C@H](O)C[C@H]3C(=O)NCc3ccc(-c4scnc4C)cc3)C(C)(C)C)CC2)n1. The Labute approximate surface area is 409 Å². The van der Waals surface area contributed by atoms with Gasteiger partial charge in [0.2, 0.25) is 23.6 Å². The van der Waals surface area contributed by atoms with Crippen molar-refractivity contribution < 1.29 is 29.1 Å². The summed E-state index contributed by atoms with van der Waals surface area (Å²) in [6.07, 6.45) is 2.06. The lowest BCUT2D eigenvalue weighted by Gasteiger charge is -2.35. The van der Waals surface area contributed by atoms with Gasteiger partial charge in [-0.05, 0) is 61.8 Å². The molecule has 5 aromatic rings. The minimum absolute atomic E-state index is 0.00210. The van der Waals surface area contributed by atoms with E-state index in [0.29, 0.717) is 77.2 Å². The summed E-state index contributed by atoms with van der Waals surface area (Å²) in [5.41, 5.74) is 5.42. The number of para-hydroxylation sites is 1. The number of benzene rings is 2. The van der Waals surface area contributed by atoms with E-state index in [0.717, 1.165) is 27.3 Å². The average molecular weight is 985 g/mol. The highest BCUT2D eigenvalue weighted by molar-refractivity contribution is 7.17. The zero-order valence-electron chi connectivity index (χ0n) is 39.1. The molecular weight excluding hydrogens is 926 g/mol. The molecule has 5 N–H and O–H groups in total. The number of aliphatic hydroxyl groups excluding tert-OH is 1. The molecule has 0 saturated carbocycles. The van der Waals surface area contributed by atoms with Crippen molar-refractivity contribution in [1.29, 1.82) is 0 Å². The number of aromatic nitrogens is 4. The van der Waals surface area contributed by atoms with Gasteiger partial charge in [0.25, 0.3) is 5.91 Å². The largest absolute Gasteiger partial charge is 0.391 e. The van der Waals surface area contributed by atoms with Crippen LogP contribution in [0.3, 0.4) is 0 Å². The highest BCUT2D eigenvalue weighted by atomic mass is 35.5. The first-order chi connectivity index (χ1) is 32.4. The first kappa shape index (κ1) is 49.9. The Bertz CT molecular complexity index is 2610. The normalized spacial score (nSPS) is 16.6. The Balaban J connectivity index is 0.841. The fourth-order valence-corrected chi connectivity index (χ4v) is 10.0. The minimum Gasteiger partial charge on any atom is -0.391 e. The van der Waals surface area contributed by atoms with Gasteiger partial charge in [0.05, 0.1) is 39.1 Å². The maximum atomic E-state index is 14.1. The van der Waals surface area contributed by atoms with Crippen molar-refractivity contribution in [3.8, 4) is 10.4 Å². The fraction of sp³-hybridized carbons (Fsp3) is 0.438. The fourth-order valence-electron chi connectivity index (χ4n) is 8.21. The number of unbranched alkanes of at least 4 members (excludes halogenated alkanes) is 1. The number of likely N-dealkylation sites (tertiary alicyclic amines) is 1. The first-order valence-electron chi connectivity index (χ1n) is 22.7. The van der Waals surface area contributed by atoms with E-state index in [1.165, 1.54) is 22.4 Å². The molecule has 2 saturated heterocycles. The van der Waals surface area contributed by atoms with Crippen molar-refractivity contribution in [3.05, 3.63) is 92.8 Å². The highest BCUT2D eigenvalue weighted by Crippen LogP contribution is 2.31. The van der Waals surface area contributed by atoms with Crippen LogP contribution < -0.4 is 26.2 Å². The van der Waals surface area contributed by atoms with Gasteiger partial charge in [0.15, 0.2) is 5.13 Å². The number of amides is 5. The molecule has 3 atom stereocenters. The Morgan fingerprint density at radius 1 is 0.941 bits per heavy atom. The Morgan fingerprint density at radius 3 is 2.37 bits per heavy atom.